The number of benzene rings is 1. The standard InChI is InChI=1S/C9H7F3O2/c1-4-5(9(13)14)2-3-6(7(4)10)8(11)12/h2-3,8H,1H3,(H,13,14). The van der Waals surface area contributed by atoms with Gasteiger partial charge >= 0.3 is 5.97 Å². The van der Waals surface area contributed by atoms with E-state index in [1.54, 1.807) is 0 Å². The van der Waals surface area contributed by atoms with Crippen molar-refractivity contribution in [1.29, 1.82) is 0 Å². The second-order valence-electron chi connectivity index (χ2n) is 2.75. The van der Waals surface area contributed by atoms with Crippen molar-refractivity contribution in [2.45, 2.75) is 13.3 Å². The Balaban J connectivity index is 3.33. The highest BCUT2D eigenvalue weighted by Gasteiger charge is 2.19. The molecule has 0 spiro atoms. The summed E-state index contributed by atoms with van der Waals surface area (Å²) in [6.45, 7) is 1.16. The second-order valence-corrected chi connectivity index (χ2v) is 2.75. The van der Waals surface area contributed by atoms with E-state index in [-0.39, 0.29) is 11.1 Å². The van der Waals surface area contributed by atoms with E-state index in [0.717, 1.165) is 19.1 Å². The zero-order valence-electron chi connectivity index (χ0n) is 7.22. The lowest BCUT2D eigenvalue weighted by Crippen LogP contribution is -2.04. The molecule has 0 aliphatic carbocycles. The first kappa shape index (κ1) is 10.6. The SMILES string of the molecule is Cc1c(C(=O)O)ccc(C(F)F)c1F. The predicted molar refractivity (Wildman–Crippen MR) is 43.1 cm³/mol. The molecule has 76 valence electrons. The molecule has 1 aromatic carbocycles. The number of carboxylic acids is 1. The van der Waals surface area contributed by atoms with Crippen LogP contribution in [0.25, 0.3) is 0 Å². The smallest absolute Gasteiger partial charge is 0.336 e. The van der Waals surface area contributed by atoms with Gasteiger partial charge in [-0.1, -0.05) is 0 Å². The lowest BCUT2D eigenvalue weighted by Gasteiger charge is -2.06. The van der Waals surface area contributed by atoms with Crippen LogP contribution in [-0.2, 0) is 0 Å². The molecule has 1 N–H and O–H groups in total. The van der Waals surface area contributed by atoms with Crippen LogP contribution in [0.5, 0.6) is 0 Å². The Morgan fingerprint density at radius 2 is 2.00 bits per heavy atom. The highest BCUT2D eigenvalue weighted by atomic mass is 19.3. The third kappa shape index (κ3) is 1.71. The van der Waals surface area contributed by atoms with E-state index < -0.39 is 23.8 Å². The Bertz CT molecular complexity index is 375. The molecule has 0 atom stereocenters. The summed E-state index contributed by atoms with van der Waals surface area (Å²) < 4.78 is 37.4. The van der Waals surface area contributed by atoms with Gasteiger partial charge in [-0.15, -0.1) is 0 Å². The molecule has 0 aliphatic rings. The summed E-state index contributed by atoms with van der Waals surface area (Å²) in [5, 5.41) is 8.57. The van der Waals surface area contributed by atoms with Gasteiger partial charge in [-0.3, -0.25) is 0 Å². The molecular formula is C9H7F3O2. The summed E-state index contributed by atoms with van der Waals surface area (Å²) in [5.74, 6) is -2.48. The van der Waals surface area contributed by atoms with E-state index in [2.05, 4.69) is 0 Å². The first-order valence-electron chi connectivity index (χ1n) is 3.75. The number of carbonyl (C=O) groups is 1. The van der Waals surface area contributed by atoms with Gasteiger partial charge in [0.1, 0.15) is 5.82 Å². The highest BCUT2D eigenvalue weighted by molar-refractivity contribution is 5.89. The molecule has 14 heavy (non-hydrogen) atoms. The van der Waals surface area contributed by atoms with Gasteiger partial charge in [0.2, 0.25) is 0 Å². The summed E-state index contributed by atoms with van der Waals surface area (Å²) in [4.78, 5) is 10.5. The first-order chi connectivity index (χ1) is 6.45. The minimum atomic E-state index is -2.93. The number of rotatable bonds is 2. The van der Waals surface area contributed by atoms with Crippen LogP contribution in [0.1, 0.15) is 27.9 Å². The molecule has 0 unspecified atom stereocenters. The van der Waals surface area contributed by atoms with Crippen LogP contribution >= 0.6 is 0 Å². The maximum Gasteiger partial charge on any atom is 0.336 e. The fraction of sp³-hybridized carbons (Fsp3) is 0.222. The van der Waals surface area contributed by atoms with Crippen molar-refractivity contribution < 1.29 is 23.1 Å². The molecule has 0 heterocycles. The summed E-state index contributed by atoms with van der Waals surface area (Å²) in [5.41, 5.74) is -1.34. The fourth-order valence-electron chi connectivity index (χ4n) is 1.11. The van der Waals surface area contributed by atoms with Gasteiger partial charge in [0.05, 0.1) is 11.1 Å². The van der Waals surface area contributed by atoms with E-state index >= 15 is 0 Å². The Hall–Kier alpha value is -1.52. The second kappa shape index (κ2) is 3.69. The van der Waals surface area contributed by atoms with Crippen molar-refractivity contribution in [3.8, 4) is 0 Å². The molecule has 0 bridgehead atoms. The van der Waals surface area contributed by atoms with Crippen molar-refractivity contribution in [3.63, 3.8) is 0 Å². The summed E-state index contributed by atoms with van der Waals surface area (Å²) >= 11 is 0. The molecule has 1 rings (SSSR count). The van der Waals surface area contributed by atoms with Gasteiger partial charge in [0, 0.05) is 0 Å². The molecule has 0 aliphatic heterocycles. The number of halogens is 3. The Kier molecular flexibility index (Phi) is 2.78. The van der Waals surface area contributed by atoms with Gasteiger partial charge < -0.3 is 5.11 Å². The van der Waals surface area contributed by atoms with E-state index in [9.17, 15) is 18.0 Å². The van der Waals surface area contributed by atoms with E-state index in [1.165, 1.54) is 0 Å². The third-order valence-corrected chi connectivity index (χ3v) is 1.88. The average Bonchev–Trinajstić information content (AvgIpc) is 2.08. The Morgan fingerprint density at radius 1 is 1.43 bits per heavy atom. The third-order valence-electron chi connectivity index (χ3n) is 1.88. The molecule has 0 saturated carbocycles. The van der Waals surface area contributed by atoms with Gasteiger partial charge in [0.25, 0.3) is 6.43 Å². The minimum Gasteiger partial charge on any atom is -0.478 e. The molecule has 0 amide bonds. The summed E-state index contributed by atoms with van der Waals surface area (Å²) in [6, 6.07) is 1.76. The van der Waals surface area contributed by atoms with Crippen LogP contribution in [0.2, 0.25) is 0 Å². The fourth-order valence-corrected chi connectivity index (χ4v) is 1.11. The molecule has 5 heteroatoms. The minimum absolute atomic E-state index is 0.268. The zero-order chi connectivity index (χ0) is 10.9. The summed E-state index contributed by atoms with van der Waals surface area (Å²) in [6.07, 6.45) is -2.93. The zero-order valence-corrected chi connectivity index (χ0v) is 7.22. The Morgan fingerprint density at radius 3 is 2.43 bits per heavy atom. The van der Waals surface area contributed by atoms with Gasteiger partial charge in [-0.05, 0) is 24.6 Å². The van der Waals surface area contributed by atoms with Crippen molar-refractivity contribution >= 4 is 5.97 Å². The van der Waals surface area contributed by atoms with Crippen LogP contribution in [0.3, 0.4) is 0 Å². The van der Waals surface area contributed by atoms with Crippen molar-refractivity contribution in [2.24, 2.45) is 0 Å². The number of alkyl halides is 2. The summed E-state index contributed by atoms with van der Waals surface area (Å²) in [7, 11) is 0. The van der Waals surface area contributed by atoms with Crippen LogP contribution < -0.4 is 0 Å². The molecule has 1 aromatic rings. The van der Waals surface area contributed by atoms with Crippen molar-refractivity contribution in [2.75, 3.05) is 0 Å². The molecule has 0 saturated heterocycles. The monoisotopic (exact) mass is 204 g/mol. The number of hydrogen-bond donors (Lipinski definition) is 1. The predicted octanol–water partition coefficient (Wildman–Crippen LogP) is 2.77. The highest BCUT2D eigenvalue weighted by Crippen LogP contribution is 2.25. The quantitative estimate of drug-likeness (QED) is 0.804. The maximum atomic E-state index is 13.1. The first-order valence-corrected chi connectivity index (χ1v) is 3.75. The van der Waals surface area contributed by atoms with E-state index in [4.69, 9.17) is 5.11 Å². The normalized spacial score (nSPS) is 10.6. The molecule has 0 aromatic heterocycles. The number of hydrogen-bond acceptors (Lipinski definition) is 1. The Labute approximate surface area is 78.0 Å². The maximum absolute atomic E-state index is 13.1. The molecular weight excluding hydrogens is 197 g/mol. The molecule has 0 radical (unpaired) electrons. The average molecular weight is 204 g/mol. The van der Waals surface area contributed by atoms with E-state index in [1.807, 2.05) is 0 Å². The number of aromatic carboxylic acids is 1. The van der Waals surface area contributed by atoms with Crippen molar-refractivity contribution in [3.05, 3.63) is 34.6 Å². The molecule has 0 fully saturated rings. The van der Waals surface area contributed by atoms with Crippen LogP contribution in [0.15, 0.2) is 12.1 Å². The van der Waals surface area contributed by atoms with Gasteiger partial charge in [0.15, 0.2) is 0 Å². The van der Waals surface area contributed by atoms with E-state index in [0.29, 0.717) is 0 Å². The topological polar surface area (TPSA) is 37.3 Å². The van der Waals surface area contributed by atoms with Crippen LogP contribution in [0.4, 0.5) is 13.2 Å². The van der Waals surface area contributed by atoms with Crippen molar-refractivity contribution in [1.82, 2.24) is 0 Å². The lowest BCUT2D eigenvalue weighted by molar-refractivity contribution is 0.0694. The number of carboxylic acid groups (broad SMARTS) is 1. The van der Waals surface area contributed by atoms with Gasteiger partial charge in [-0.25, -0.2) is 18.0 Å². The van der Waals surface area contributed by atoms with Crippen LogP contribution in [-0.4, -0.2) is 11.1 Å². The lowest BCUT2D eigenvalue weighted by atomic mass is 10.0. The largest absolute Gasteiger partial charge is 0.478 e. The van der Waals surface area contributed by atoms with Crippen LogP contribution in [0, 0.1) is 12.7 Å². The van der Waals surface area contributed by atoms with Gasteiger partial charge in [-0.2, -0.15) is 0 Å². The molecule has 2 nitrogen and oxygen atoms in total.